The number of likely N-dealkylation sites (N-methyl/N-ethyl adjacent to an activating group) is 1. The zero-order valence-corrected chi connectivity index (χ0v) is 23.4. The smallest absolute Gasteiger partial charge is 0.258 e. The first kappa shape index (κ1) is 25.4. The van der Waals surface area contributed by atoms with E-state index in [4.69, 9.17) is 9.72 Å². The van der Waals surface area contributed by atoms with Gasteiger partial charge in [0.2, 0.25) is 5.88 Å². The van der Waals surface area contributed by atoms with Gasteiger partial charge in [-0.3, -0.25) is 4.40 Å². The number of rotatable bonds is 7. The van der Waals surface area contributed by atoms with E-state index in [1.54, 1.807) is 23.1 Å². The van der Waals surface area contributed by atoms with Crippen LogP contribution in [0.1, 0.15) is 17.5 Å². The summed E-state index contributed by atoms with van der Waals surface area (Å²) in [6.07, 6.45) is 8.38. The summed E-state index contributed by atoms with van der Waals surface area (Å²) in [6, 6.07) is 12.7. The Morgan fingerprint density at radius 1 is 1.10 bits per heavy atom. The predicted octanol–water partition coefficient (Wildman–Crippen LogP) is 4.04. The molecule has 0 bridgehead atoms. The first-order chi connectivity index (χ1) is 20.0. The van der Waals surface area contributed by atoms with Gasteiger partial charge in [-0.15, -0.1) is 10.2 Å². The van der Waals surface area contributed by atoms with Crippen LogP contribution in [0.5, 0.6) is 11.6 Å². The molecular formula is C30H32N10O. The quantitative estimate of drug-likeness (QED) is 0.309. The molecule has 3 aromatic heterocycles. The van der Waals surface area contributed by atoms with Gasteiger partial charge in [-0.2, -0.15) is 4.98 Å². The van der Waals surface area contributed by atoms with Crippen molar-refractivity contribution in [3.8, 4) is 11.6 Å². The Hall–Kier alpha value is -4.61. The largest absolute Gasteiger partial charge is 0.439 e. The predicted molar refractivity (Wildman–Crippen MR) is 160 cm³/mol. The fourth-order valence-electron chi connectivity index (χ4n) is 5.50. The zero-order valence-electron chi connectivity index (χ0n) is 23.4. The standard InChI is InChI=1S/C30H32N10O/c1-19-14-21(4-7-25(19)41-26-10-13-39-18-34-37-30(39)36-26)35-29-27-24(32-17-33-29)6-5-23(20-8-11-31-12-9-20)28(27)40-15-22(16-40)38(2)3/h4-8,10,13-14,17-18,22,31H,9,11-12,15-16H2,1-3H3,(H,32,33,35). The lowest BCUT2D eigenvalue weighted by molar-refractivity contribution is 0.247. The van der Waals surface area contributed by atoms with E-state index in [0.717, 1.165) is 66.3 Å². The maximum Gasteiger partial charge on any atom is 0.258 e. The molecule has 11 heteroatoms. The van der Waals surface area contributed by atoms with E-state index < -0.39 is 0 Å². The van der Waals surface area contributed by atoms with Crippen LogP contribution in [0.2, 0.25) is 0 Å². The third-order valence-electron chi connectivity index (χ3n) is 7.89. The molecular weight excluding hydrogens is 516 g/mol. The van der Waals surface area contributed by atoms with Crippen molar-refractivity contribution in [2.75, 3.05) is 50.5 Å². The number of aromatic nitrogens is 6. The van der Waals surface area contributed by atoms with E-state index >= 15 is 0 Å². The van der Waals surface area contributed by atoms with Gasteiger partial charge in [0.15, 0.2) is 0 Å². The van der Waals surface area contributed by atoms with Gasteiger partial charge in [0.1, 0.15) is 24.2 Å². The van der Waals surface area contributed by atoms with Gasteiger partial charge in [0, 0.05) is 49.2 Å². The highest BCUT2D eigenvalue weighted by Gasteiger charge is 2.32. The van der Waals surface area contributed by atoms with Crippen LogP contribution in [-0.2, 0) is 0 Å². The van der Waals surface area contributed by atoms with Crippen LogP contribution in [0.4, 0.5) is 17.2 Å². The van der Waals surface area contributed by atoms with E-state index in [2.05, 4.69) is 79.0 Å². The molecule has 2 aromatic carbocycles. The molecule has 7 rings (SSSR count). The summed E-state index contributed by atoms with van der Waals surface area (Å²) in [4.78, 5) is 18.6. The van der Waals surface area contributed by atoms with Crippen molar-refractivity contribution in [3.05, 3.63) is 72.5 Å². The molecule has 2 aliphatic rings. The van der Waals surface area contributed by atoms with Crippen molar-refractivity contribution in [1.82, 2.24) is 39.8 Å². The average molecular weight is 549 g/mol. The van der Waals surface area contributed by atoms with Crippen molar-refractivity contribution in [2.24, 2.45) is 0 Å². The Bertz CT molecular complexity index is 1770. The minimum Gasteiger partial charge on any atom is -0.439 e. The van der Waals surface area contributed by atoms with Crippen molar-refractivity contribution >= 4 is 39.4 Å². The van der Waals surface area contributed by atoms with Crippen LogP contribution in [0, 0.1) is 6.92 Å². The maximum atomic E-state index is 6.08. The number of anilines is 3. The second kappa shape index (κ2) is 10.4. The highest BCUT2D eigenvalue weighted by Crippen LogP contribution is 2.42. The number of benzene rings is 2. The molecule has 2 aliphatic heterocycles. The fraction of sp³-hybridized carbons (Fsp3) is 0.300. The number of hydrogen-bond donors (Lipinski definition) is 2. The minimum absolute atomic E-state index is 0.464. The maximum absolute atomic E-state index is 6.08. The highest BCUT2D eigenvalue weighted by molar-refractivity contribution is 6.05. The van der Waals surface area contributed by atoms with Crippen molar-refractivity contribution in [1.29, 1.82) is 0 Å². The molecule has 0 spiro atoms. The summed E-state index contributed by atoms with van der Waals surface area (Å²) in [5.74, 6) is 2.46. The second-order valence-corrected chi connectivity index (χ2v) is 10.8. The first-order valence-corrected chi connectivity index (χ1v) is 13.8. The Morgan fingerprint density at radius 3 is 2.80 bits per heavy atom. The summed E-state index contributed by atoms with van der Waals surface area (Å²) < 4.78 is 7.82. The Labute approximate surface area is 237 Å². The van der Waals surface area contributed by atoms with Gasteiger partial charge >= 0.3 is 0 Å². The van der Waals surface area contributed by atoms with Crippen LogP contribution < -0.4 is 20.3 Å². The lowest BCUT2D eigenvalue weighted by Crippen LogP contribution is -2.57. The second-order valence-electron chi connectivity index (χ2n) is 10.8. The number of nitrogens with one attached hydrogen (secondary N) is 2. The summed E-state index contributed by atoms with van der Waals surface area (Å²) in [5, 5.41) is 16.0. The number of hydrogen-bond acceptors (Lipinski definition) is 10. The summed E-state index contributed by atoms with van der Waals surface area (Å²) in [6.45, 7) is 5.83. The lowest BCUT2D eigenvalue weighted by atomic mass is 9.93. The normalized spacial score (nSPS) is 15.8. The summed E-state index contributed by atoms with van der Waals surface area (Å²) in [7, 11) is 4.30. The molecule has 1 saturated heterocycles. The van der Waals surface area contributed by atoms with E-state index in [1.807, 2.05) is 25.3 Å². The number of ether oxygens (including phenoxy) is 1. The van der Waals surface area contributed by atoms with Crippen LogP contribution in [-0.4, -0.2) is 80.8 Å². The van der Waals surface area contributed by atoms with Crippen molar-refractivity contribution in [2.45, 2.75) is 19.4 Å². The molecule has 0 radical (unpaired) electrons. The number of fused-ring (bicyclic) bond motifs is 2. The van der Waals surface area contributed by atoms with Gasteiger partial charge < -0.3 is 25.2 Å². The molecule has 2 N–H and O–H groups in total. The lowest BCUT2D eigenvalue weighted by Gasteiger charge is -2.45. The summed E-state index contributed by atoms with van der Waals surface area (Å²) >= 11 is 0. The number of aryl methyl sites for hydroxylation is 1. The van der Waals surface area contributed by atoms with Gasteiger partial charge in [-0.1, -0.05) is 12.1 Å². The Kier molecular flexibility index (Phi) is 6.44. The molecule has 11 nitrogen and oxygen atoms in total. The molecule has 41 heavy (non-hydrogen) atoms. The third kappa shape index (κ3) is 4.83. The molecule has 0 aliphatic carbocycles. The first-order valence-electron chi connectivity index (χ1n) is 13.8. The molecule has 5 aromatic rings. The van der Waals surface area contributed by atoms with E-state index in [1.165, 1.54) is 16.8 Å². The molecule has 1 fully saturated rings. The van der Waals surface area contributed by atoms with E-state index in [-0.39, 0.29) is 0 Å². The van der Waals surface area contributed by atoms with Crippen LogP contribution in [0.3, 0.4) is 0 Å². The fourth-order valence-corrected chi connectivity index (χ4v) is 5.50. The van der Waals surface area contributed by atoms with Crippen LogP contribution in [0.25, 0.3) is 22.3 Å². The highest BCUT2D eigenvalue weighted by atomic mass is 16.5. The monoisotopic (exact) mass is 548 g/mol. The van der Waals surface area contributed by atoms with E-state index in [0.29, 0.717) is 17.7 Å². The molecule has 0 saturated carbocycles. The van der Waals surface area contributed by atoms with Gasteiger partial charge in [-0.05, 0) is 69.4 Å². The van der Waals surface area contributed by atoms with Crippen LogP contribution >= 0.6 is 0 Å². The minimum atomic E-state index is 0.464. The average Bonchev–Trinajstić information content (AvgIpc) is 3.42. The zero-order chi connectivity index (χ0) is 27.9. The Morgan fingerprint density at radius 2 is 2.00 bits per heavy atom. The Balaban J connectivity index is 1.23. The van der Waals surface area contributed by atoms with Crippen molar-refractivity contribution in [3.63, 3.8) is 0 Å². The molecule has 5 heterocycles. The third-order valence-corrected chi connectivity index (χ3v) is 7.89. The molecule has 208 valence electrons. The summed E-state index contributed by atoms with van der Waals surface area (Å²) in [5.41, 5.74) is 6.67. The van der Waals surface area contributed by atoms with E-state index in [9.17, 15) is 0 Å². The van der Waals surface area contributed by atoms with Crippen LogP contribution in [0.15, 0.2) is 61.3 Å². The number of nitrogens with zero attached hydrogens (tertiary/aromatic N) is 8. The van der Waals surface area contributed by atoms with Crippen molar-refractivity contribution < 1.29 is 4.74 Å². The molecule has 0 unspecified atom stereocenters. The SMILES string of the molecule is Cc1cc(Nc2ncnc3ccc(C4=CCNCC4)c(N4CC(N(C)C)C4)c23)ccc1Oc1ccn2cnnc2n1. The van der Waals surface area contributed by atoms with Gasteiger partial charge in [0.05, 0.1) is 16.6 Å². The van der Waals surface area contributed by atoms with Gasteiger partial charge in [-0.25, -0.2) is 9.97 Å². The molecule has 0 amide bonds. The molecule has 0 atom stereocenters. The topological polar surface area (TPSA) is 109 Å². The van der Waals surface area contributed by atoms with Gasteiger partial charge in [0.25, 0.3) is 5.78 Å².